The van der Waals surface area contributed by atoms with Crippen molar-refractivity contribution < 1.29 is 24.0 Å². The Hall–Kier alpha value is -4.00. The minimum atomic E-state index is -1.76. The minimum absolute atomic E-state index is 0.00933. The number of carbonyl (C=O) groups excluding carboxylic acids is 2. The fourth-order valence-corrected chi connectivity index (χ4v) is 4.63. The molecule has 3 rings (SSSR count). The standard InChI is InChI=1S/C20H23N7O5S/c1-10-16(19(30)31)33(27-11(2)21)20(23-10)25-15(28)7-8-22-18(29)14-6-4-5-13(9-14)17-24-12(3)32-26-17/h4-6,9,33H,7-8H2,1-3H3,(H2,21,27)(H,22,29)(H,30,31)(H,23,25,28). The van der Waals surface area contributed by atoms with Crippen LogP contribution in [-0.2, 0) is 9.59 Å². The van der Waals surface area contributed by atoms with Crippen LogP contribution in [0.2, 0.25) is 0 Å². The van der Waals surface area contributed by atoms with Crippen molar-refractivity contribution in [2.45, 2.75) is 27.2 Å². The fourth-order valence-electron chi connectivity index (χ4n) is 2.89. The molecule has 5 N–H and O–H groups in total. The highest BCUT2D eigenvalue weighted by Gasteiger charge is 2.30. The van der Waals surface area contributed by atoms with Crippen LogP contribution >= 0.6 is 11.1 Å². The molecule has 2 heterocycles. The Morgan fingerprint density at radius 3 is 2.67 bits per heavy atom. The highest BCUT2D eigenvalue weighted by Crippen LogP contribution is 2.44. The van der Waals surface area contributed by atoms with E-state index < -0.39 is 23.0 Å². The predicted molar refractivity (Wildman–Crippen MR) is 124 cm³/mol. The number of aryl methyl sites for hydroxylation is 1. The second-order valence-electron chi connectivity index (χ2n) is 7.00. The number of nitrogens with zero attached hydrogens (tertiary/aromatic N) is 4. The summed E-state index contributed by atoms with van der Waals surface area (Å²) in [6, 6.07) is 6.69. The van der Waals surface area contributed by atoms with Crippen molar-refractivity contribution >= 4 is 39.9 Å². The van der Waals surface area contributed by atoms with E-state index in [1.165, 1.54) is 13.8 Å². The Balaban J connectivity index is 1.56. The van der Waals surface area contributed by atoms with Gasteiger partial charge in [-0.3, -0.25) is 9.59 Å². The van der Waals surface area contributed by atoms with Gasteiger partial charge in [-0.05, 0) is 26.0 Å². The molecule has 2 aromatic rings. The molecule has 1 aromatic carbocycles. The number of carboxylic acids is 1. The second-order valence-corrected chi connectivity index (χ2v) is 8.69. The van der Waals surface area contributed by atoms with E-state index in [0.717, 1.165) is 0 Å². The molecule has 0 saturated heterocycles. The Labute approximate surface area is 191 Å². The second kappa shape index (κ2) is 10.1. The molecule has 1 unspecified atom stereocenters. The van der Waals surface area contributed by atoms with Crippen molar-refractivity contribution in [3.05, 3.63) is 46.3 Å². The van der Waals surface area contributed by atoms with Crippen molar-refractivity contribution in [2.24, 2.45) is 15.1 Å². The van der Waals surface area contributed by atoms with E-state index in [0.29, 0.717) is 22.8 Å². The summed E-state index contributed by atoms with van der Waals surface area (Å²) in [5.74, 6) is -1.02. The predicted octanol–water partition coefficient (Wildman–Crippen LogP) is 1.26. The van der Waals surface area contributed by atoms with Gasteiger partial charge in [0.15, 0.2) is 5.17 Å². The van der Waals surface area contributed by atoms with Gasteiger partial charge in [-0.1, -0.05) is 28.4 Å². The Morgan fingerprint density at radius 2 is 2.03 bits per heavy atom. The van der Waals surface area contributed by atoms with Gasteiger partial charge in [0.25, 0.3) is 5.91 Å². The average molecular weight is 474 g/mol. The number of hydrogen-bond donors (Lipinski definition) is 5. The molecule has 0 bridgehead atoms. The number of nitrogens with two attached hydrogens (primary N) is 1. The molecule has 13 heteroatoms. The molecule has 0 radical (unpaired) electrons. The summed E-state index contributed by atoms with van der Waals surface area (Å²) in [5.41, 5.74) is 6.87. The van der Waals surface area contributed by atoms with Gasteiger partial charge < -0.3 is 26.0 Å². The number of rotatable bonds is 7. The van der Waals surface area contributed by atoms with Crippen molar-refractivity contribution in [3.63, 3.8) is 0 Å². The molecule has 0 fully saturated rings. The van der Waals surface area contributed by atoms with E-state index in [2.05, 4.69) is 30.2 Å². The third-order valence-corrected chi connectivity index (χ3v) is 6.36. The van der Waals surface area contributed by atoms with Crippen LogP contribution in [0.3, 0.4) is 0 Å². The lowest BCUT2D eigenvalue weighted by atomic mass is 10.1. The summed E-state index contributed by atoms with van der Waals surface area (Å²) in [7, 11) is 0. The molecular formula is C20H23N7O5S. The Morgan fingerprint density at radius 1 is 1.27 bits per heavy atom. The normalized spacial score (nSPS) is 17.0. The van der Waals surface area contributed by atoms with Crippen LogP contribution in [0, 0.1) is 6.92 Å². The van der Waals surface area contributed by atoms with Crippen LogP contribution in [0.5, 0.6) is 0 Å². The number of aliphatic carboxylic acids is 1. The third-order valence-electron chi connectivity index (χ3n) is 4.29. The van der Waals surface area contributed by atoms with Crippen molar-refractivity contribution in [1.82, 2.24) is 20.8 Å². The Bertz CT molecular complexity index is 1200. The number of carboxylic acid groups (broad SMARTS) is 1. The maximum atomic E-state index is 12.5. The molecule has 174 valence electrons. The number of thiol groups is 1. The van der Waals surface area contributed by atoms with E-state index in [1.807, 2.05) is 0 Å². The zero-order valence-corrected chi connectivity index (χ0v) is 19.0. The van der Waals surface area contributed by atoms with Crippen LogP contribution in [-0.4, -0.2) is 50.6 Å². The van der Waals surface area contributed by atoms with Crippen molar-refractivity contribution in [1.29, 1.82) is 0 Å². The highest BCUT2D eigenvalue weighted by molar-refractivity contribution is 8.33. The largest absolute Gasteiger partial charge is 0.477 e. The van der Waals surface area contributed by atoms with Crippen LogP contribution in [0.4, 0.5) is 0 Å². The lowest BCUT2D eigenvalue weighted by Gasteiger charge is -2.16. The maximum absolute atomic E-state index is 12.5. The van der Waals surface area contributed by atoms with E-state index >= 15 is 0 Å². The lowest BCUT2D eigenvalue weighted by Crippen LogP contribution is -2.34. The number of amides is 2. The number of aliphatic imine (C=N–C) groups is 1. The SMILES string of the molecule is CC1=C(C(=O)O)[SH](/N=C(/C)N)C(NC(=O)CCNC(=O)c2cccc(-c3noc(C)n3)c2)=N1. The summed E-state index contributed by atoms with van der Waals surface area (Å²) in [6.45, 7) is 4.78. The van der Waals surface area contributed by atoms with Crippen LogP contribution in [0.1, 0.15) is 36.5 Å². The highest BCUT2D eigenvalue weighted by atomic mass is 32.2. The number of aromatic nitrogens is 2. The monoisotopic (exact) mass is 473 g/mol. The number of allylic oxidation sites excluding steroid dienone is 1. The molecule has 0 saturated carbocycles. The minimum Gasteiger partial charge on any atom is -0.477 e. The molecule has 1 aliphatic rings. The smallest absolute Gasteiger partial charge is 0.344 e. The fraction of sp³-hybridized carbons (Fsp3) is 0.250. The summed E-state index contributed by atoms with van der Waals surface area (Å²) in [5, 5.41) is 18.7. The number of nitrogens with one attached hydrogen (secondary N) is 2. The molecule has 12 nitrogen and oxygen atoms in total. The first-order valence-corrected chi connectivity index (χ1v) is 11.1. The van der Waals surface area contributed by atoms with Gasteiger partial charge in [0.2, 0.25) is 17.6 Å². The first-order chi connectivity index (χ1) is 15.7. The molecule has 1 aliphatic heterocycles. The molecule has 1 atom stereocenters. The summed E-state index contributed by atoms with van der Waals surface area (Å²) in [6.07, 6.45) is -0.0512. The maximum Gasteiger partial charge on any atom is 0.344 e. The first-order valence-electron chi connectivity index (χ1n) is 9.78. The Kier molecular flexibility index (Phi) is 7.23. The van der Waals surface area contributed by atoms with Gasteiger partial charge in [-0.15, -0.1) is 0 Å². The van der Waals surface area contributed by atoms with Gasteiger partial charge in [0.1, 0.15) is 10.7 Å². The zero-order chi connectivity index (χ0) is 24.1. The zero-order valence-electron chi connectivity index (χ0n) is 18.1. The van der Waals surface area contributed by atoms with Crippen LogP contribution < -0.4 is 16.4 Å². The topological polar surface area (TPSA) is 185 Å². The van der Waals surface area contributed by atoms with Gasteiger partial charge >= 0.3 is 5.97 Å². The quantitative estimate of drug-likeness (QED) is 0.226. The van der Waals surface area contributed by atoms with Gasteiger partial charge in [-0.25, -0.2) is 14.2 Å². The molecule has 0 spiro atoms. The lowest BCUT2D eigenvalue weighted by molar-refractivity contribution is -0.131. The van der Waals surface area contributed by atoms with Crippen LogP contribution in [0.15, 0.2) is 48.8 Å². The average Bonchev–Trinajstić information content (AvgIpc) is 3.30. The third kappa shape index (κ3) is 5.83. The van der Waals surface area contributed by atoms with Gasteiger partial charge in [-0.2, -0.15) is 4.98 Å². The number of amidine groups is 2. The van der Waals surface area contributed by atoms with Crippen molar-refractivity contribution in [3.8, 4) is 11.4 Å². The van der Waals surface area contributed by atoms with Crippen LogP contribution in [0.25, 0.3) is 11.4 Å². The summed E-state index contributed by atoms with van der Waals surface area (Å²) in [4.78, 5) is 44.6. The van der Waals surface area contributed by atoms with E-state index in [4.69, 9.17) is 10.3 Å². The van der Waals surface area contributed by atoms with Gasteiger partial charge in [0, 0.05) is 31.0 Å². The number of benzene rings is 1. The summed E-state index contributed by atoms with van der Waals surface area (Å²) >= 11 is -1.76. The van der Waals surface area contributed by atoms with Gasteiger partial charge in [0.05, 0.1) is 5.70 Å². The number of hydrogen-bond acceptors (Lipinski definition) is 8. The first kappa shape index (κ1) is 23.7. The van der Waals surface area contributed by atoms with E-state index in [1.54, 1.807) is 31.2 Å². The molecule has 1 aromatic heterocycles. The molecule has 33 heavy (non-hydrogen) atoms. The molecular weight excluding hydrogens is 450 g/mol. The van der Waals surface area contributed by atoms with Crippen molar-refractivity contribution in [2.75, 3.05) is 6.54 Å². The number of carbonyl (C=O) groups is 3. The molecule has 2 amide bonds. The molecule has 0 aliphatic carbocycles. The van der Waals surface area contributed by atoms with E-state index in [9.17, 15) is 19.5 Å². The summed E-state index contributed by atoms with van der Waals surface area (Å²) < 4.78 is 9.09. The van der Waals surface area contributed by atoms with E-state index in [-0.39, 0.29) is 40.5 Å².